The van der Waals surface area contributed by atoms with Crippen molar-refractivity contribution in [3.05, 3.63) is 15.6 Å². The average molecular weight is 289 g/mol. The maximum atomic E-state index is 11.5. The molecule has 1 atom stereocenters. The number of thiazole rings is 1. The summed E-state index contributed by atoms with van der Waals surface area (Å²) in [5.74, 6) is -1.09. The number of carbonyl (C=O) groups is 1. The standard InChI is InChI=1S/C9H11N3O4S2/c1-5(3-10)18(15,16)11-4-7-12-6(2)8(17-7)9(13)14/h5,11H,4H2,1-2H3,(H,13,14). The predicted molar refractivity (Wildman–Crippen MR) is 64.6 cm³/mol. The van der Waals surface area contributed by atoms with E-state index in [0.29, 0.717) is 10.7 Å². The number of hydrogen-bond donors (Lipinski definition) is 2. The fourth-order valence-corrected chi connectivity index (χ4v) is 2.74. The molecule has 0 aliphatic rings. The first-order valence-electron chi connectivity index (χ1n) is 4.85. The summed E-state index contributed by atoms with van der Waals surface area (Å²) in [6, 6.07) is 1.61. The Bertz CT molecular complexity index is 600. The molecule has 98 valence electrons. The molecule has 1 unspecified atom stereocenters. The van der Waals surface area contributed by atoms with Crippen molar-refractivity contribution in [1.82, 2.24) is 9.71 Å². The van der Waals surface area contributed by atoms with Crippen molar-refractivity contribution in [2.24, 2.45) is 0 Å². The SMILES string of the molecule is Cc1nc(CNS(=O)(=O)C(C)C#N)sc1C(=O)O. The minimum atomic E-state index is -3.72. The Balaban J connectivity index is 2.80. The van der Waals surface area contributed by atoms with Crippen molar-refractivity contribution in [3.8, 4) is 6.07 Å². The molecular formula is C9H11N3O4S2. The van der Waals surface area contributed by atoms with Crippen molar-refractivity contribution in [3.63, 3.8) is 0 Å². The molecular weight excluding hydrogens is 278 g/mol. The molecule has 0 aromatic carbocycles. The van der Waals surface area contributed by atoms with Crippen molar-refractivity contribution in [2.75, 3.05) is 0 Å². The summed E-state index contributed by atoms with van der Waals surface area (Å²) in [4.78, 5) is 14.8. The number of sulfonamides is 1. The molecule has 0 radical (unpaired) electrons. The van der Waals surface area contributed by atoms with Crippen LogP contribution >= 0.6 is 11.3 Å². The smallest absolute Gasteiger partial charge is 0.347 e. The highest BCUT2D eigenvalue weighted by Crippen LogP contribution is 2.18. The Labute approximate surface area is 108 Å². The highest BCUT2D eigenvalue weighted by Gasteiger charge is 2.21. The Hall–Kier alpha value is -1.50. The topological polar surface area (TPSA) is 120 Å². The van der Waals surface area contributed by atoms with Crippen molar-refractivity contribution >= 4 is 27.3 Å². The maximum Gasteiger partial charge on any atom is 0.347 e. The van der Waals surface area contributed by atoms with E-state index in [9.17, 15) is 13.2 Å². The molecule has 2 N–H and O–H groups in total. The third-order valence-corrected chi connectivity index (χ3v) is 4.84. The second kappa shape index (κ2) is 5.43. The van der Waals surface area contributed by atoms with Gasteiger partial charge in [-0.2, -0.15) is 5.26 Å². The number of nitriles is 1. The lowest BCUT2D eigenvalue weighted by molar-refractivity contribution is 0.0701. The van der Waals surface area contributed by atoms with Gasteiger partial charge in [0.2, 0.25) is 10.0 Å². The zero-order valence-corrected chi connectivity index (χ0v) is 11.3. The van der Waals surface area contributed by atoms with Gasteiger partial charge in [-0.25, -0.2) is 22.9 Å². The molecule has 7 nitrogen and oxygen atoms in total. The number of rotatable bonds is 5. The molecule has 0 amide bonds. The van der Waals surface area contributed by atoms with E-state index in [1.54, 1.807) is 6.07 Å². The summed E-state index contributed by atoms with van der Waals surface area (Å²) in [6.45, 7) is 2.68. The van der Waals surface area contributed by atoms with Crippen LogP contribution in [0.4, 0.5) is 0 Å². The van der Waals surface area contributed by atoms with Gasteiger partial charge in [0.05, 0.1) is 18.3 Å². The minimum Gasteiger partial charge on any atom is -0.477 e. The maximum absolute atomic E-state index is 11.5. The number of aryl methyl sites for hydroxylation is 1. The van der Waals surface area contributed by atoms with E-state index >= 15 is 0 Å². The number of carboxylic acid groups (broad SMARTS) is 1. The monoisotopic (exact) mass is 289 g/mol. The van der Waals surface area contributed by atoms with E-state index in [1.165, 1.54) is 13.8 Å². The van der Waals surface area contributed by atoms with Crippen LogP contribution < -0.4 is 4.72 Å². The molecule has 0 aliphatic carbocycles. The molecule has 1 rings (SSSR count). The van der Waals surface area contributed by atoms with Crippen LogP contribution in [-0.4, -0.2) is 29.7 Å². The number of carboxylic acids is 1. The lowest BCUT2D eigenvalue weighted by atomic mass is 10.4. The number of aromatic nitrogens is 1. The predicted octanol–water partition coefficient (Wildman–Crippen LogP) is 0.481. The Morgan fingerprint density at radius 2 is 2.28 bits per heavy atom. The molecule has 0 fully saturated rings. The first kappa shape index (κ1) is 14.6. The number of nitrogens with one attached hydrogen (secondary N) is 1. The second-order valence-corrected chi connectivity index (χ2v) is 6.63. The molecule has 9 heteroatoms. The third kappa shape index (κ3) is 3.25. The van der Waals surface area contributed by atoms with Crippen LogP contribution in [0.1, 0.15) is 27.3 Å². The summed E-state index contributed by atoms with van der Waals surface area (Å²) in [6.07, 6.45) is 0. The van der Waals surface area contributed by atoms with Crippen LogP contribution in [-0.2, 0) is 16.6 Å². The minimum absolute atomic E-state index is 0.0810. The van der Waals surface area contributed by atoms with Crippen molar-refractivity contribution in [1.29, 1.82) is 5.26 Å². The zero-order chi connectivity index (χ0) is 13.9. The molecule has 18 heavy (non-hydrogen) atoms. The van der Waals surface area contributed by atoms with Gasteiger partial charge in [0.25, 0.3) is 0 Å². The number of nitrogens with zero attached hydrogens (tertiary/aromatic N) is 2. The van der Waals surface area contributed by atoms with Gasteiger partial charge < -0.3 is 5.11 Å². The third-order valence-electron chi connectivity index (χ3n) is 2.11. The fraction of sp³-hybridized carbons (Fsp3) is 0.444. The van der Waals surface area contributed by atoms with E-state index in [2.05, 4.69) is 9.71 Å². The molecule has 1 heterocycles. The summed E-state index contributed by atoms with van der Waals surface area (Å²) in [5, 5.41) is 16.5. The molecule has 1 aromatic rings. The zero-order valence-electron chi connectivity index (χ0n) is 9.67. The average Bonchev–Trinajstić information content (AvgIpc) is 2.67. The van der Waals surface area contributed by atoms with Crippen molar-refractivity contribution in [2.45, 2.75) is 25.6 Å². The Morgan fingerprint density at radius 1 is 1.67 bits per heavy atom. The van der Waals surface area contributed by atoms with Gasteiger partial charge in [0.1, 0.15) is 9.88 Å². The lowest BCUT2D eigenvalue weighted by Gasteiger charge is -2.05. The molecule has 0 spiro atoms. The molecule has 0 saturated heterocycles. The van der Waals surface area contributed by atoms with Gasteiger partial charge in [-0.15, -0.1) is 11.3 Å². The normalized spacial score (nSPS) is 12.9. The molecule has 0 aliphatic heterocycles. The van der Waals surface area contributed by atoms with Crippen LogP contribution in [0, 0.1) is 18.3 Å². The first-order valence-corrected chi connectivity index (χ1v) is 7.22. The number of hydrogen-bond acceptors (Lipinski definition) is 6. The van der Waals surface area contributed by atoms with Gasteiger partial charge in [-0.3, -0.25) is 0 Å². The molecule has 0 saturated carbocycles. The van der Waals surface area contributed by atoms with E-state index in [0.717, 1.165) is 11.3 Å². The summed E-state index contributed by atoms with van der Waals surface area (Å²) < 4.78 is 25.2. The van der Waals surface area contributed by atoms with Crippen LogP contribution in [0.25, 0.3) is 0 Å². The van der Waals surface area contributed by atoms with E-state index in [4.69, 9.17) is 10.4 Å². The highest BCUT2D eigenvalue weighted by atomic mass is 32.2. The van der Waals surface area contributed by atoms with Gasteiger partial charge in [-0.05, 0) is 13.8 Å². The fourth-order valence-electron chi connectivity index (χ4n) is 1.08. The number of aromatic carboxylic acids is 1. The molecule has 0 bridgehead atoms. The Morgan fingerprint density at radius 3 is 2.72 bits per heavy atom. The van der Waals surface area contributed by atoms with Gasteiger partial charge in [0.15, 0.2) is 5.25 Å². The second-order valence-electron chi connectivity index (χ2n) is 3.46. The largest absolute Gasteiger partial charge is 0.477 e. The van der Waals surface area contributed by atoms with Gasteiger partial charge in [-0.1, -0.05) is 0 Å². The first-order chi connectivity index (χ1) is 8.27. The van der Waals surface area contributed by atoms with E-state index in [-0.39, 0.29) is 11.4 Å². The van der Waals surface area contributed by atoms with E-state index in [1.807, 2.05) is 0 Å². The summed E-state index contributed by atoms with van der Waals surface area (Å²) in [5.41, 5.74) is 0.343. The van der Waals surface area contributed by atoms with Crippen molar-refractivity contribution < 1.29 is 18.3 Å². The Kier molecular flexibility index (Phi) is 4.39. The van der Waals surface area contributed by atoms with E-state index < -0.39 is 21.2 Å². The van der Waals surface area contributed by atoms with Crippen LogP contribution in [0.3, 0.4) is 0 Å². The quantitative estimate of drug-likeness (QED) is 0.813. The summed E-state index contributed by atoms with van der Waals surface area (Å²) in [7, 11) is -3.72. The van der Waals surface area contributed by atoms with Crippen LogP contribution in [0.2, 0.25) is 0 Å². The van der Waals surface area contributed by atoms with Gasteiger partial charge in [0, 0.05) is 0 Å². The summed E-state index contributed by atoms with van der Waals surface area (Å²) >= 11 is 0.907. The molecule has 1 aromatic heterocycles. The van der Waals surface area contributed by atoms with Gasteiger partial charge >= 0.3 is 5.97 Å². The van der Waals surface area contributed by atoms with Crippen LogP contribution in [0.15, 0.2) is 0 Å². The lowest BCUT2D eigenvalue weighted by Crippen LogP contribution is -2.31. The van der Waals surface area contributed by atoms with Crippen LogP contribution in [0.5, 0.6) is 0 Å². The highest BCUT2D eigenvalue weighted by molar-refractivity contribution is 7.90.